The monoisotopic (exact) mass is 626 g/mol. The first-order valence-corrected chi connectivity index (χ1v) is 14.0. The second-order valence-corrected chi connectivity index (χ2v) is 11.5. The van der Waals surface area contributed by atoms with Crippen molar-refractivity contribution in [2.24, 2.45) is 4.99 Å². The Bertz CT molecular complexity index is 1030. The van der Waals surface area contributed by atoms with Gasteiger partial charge in [-0.2, -0.15) is 0 Å². The molecular weight excluding hydrogens is 599 g/mol. The van der Waals surface area contributed by atoms with Gasteiger partial charge >= 0.3 is 0 Å². The van der Waals surface area contributed by atoms with Gasteiger partial charge in [-0.05, 0) is 78.8 Å². The molecule has 0 bridgehead atoms. The number of ether oxygens (including phenoxy) is 1. The predicted molar refractivity (Wildman–Crippen MR) is 145 cm³/mol. The van der Waals surface area contributed by atoms with E-state index in [1.54, 1.807) is 17.4 Å². The fourth-order valence-corrected chi connectivity index (χ4v) is 7.42. The molecule has 1 amide bonds. The molecule has 1 fully saturated rings. The van der Waals surface area contributed by atoms with Crippen molar-refractivity contribution in [2.75, 3.05) is 6.61 Å². The van der Waals surface area contributed by atoms with Gasteiger partial charge in [0, 0.05) is 27.2 Å². The summed E-state index contributed by atoms with van der Waals surface area (Å²) < 4.78 is 7.88. The largest absolute Gasteiger partial charge is 0.488 e. The van der Waals surface area contributed by atoms with E-state index in [1.165, 1.54) is 36.1 Å². The van der Waals surface area contributed by atoms with Gasteiger partial charge < -0.3 is 10.1 Å². The molecule has 1 saturated carbocycles. The van der Waals surface area contributed by atoms with Crippen molar-refractivity contribution in [3.8, 4) is 5.75 Å². The zero-order valence-electron chi connectivity index (χ0n) is 18.1. The first-order chi connectivity index (χ1) is 15.6. The maximum atomic E-state index is 13.4. The Hall–Kier alpha value is -1.19. The quantitative estimate of drug-likeness (QED) is 0.198. The standard InChI is InChI=1S/C25H28BrIN2O2S/c1-2-12-31-23-16(13-17(26)14-20(23)27)15-28-25-22(19-10-6-7-11-21(19)32-25)24(30)29-18-8-4-3-5-9-18/h2,13-15,18H,1,3-12H2,(H,29,30). The molecule has 0 radical (unpaired) electrons. The third-order valence-corrected chi connectivity index (χ3v) is 8.48. The molecule has 2 aromatic rings. The highest BCUT2D eigenvalue weighted by molar-refractivity contribution is 14.1. The highest BCUT2D eigenvalue weighted by Crippen LogP contribution is 2.40. The van der Waals surface area contributed by atoms with Crippen LogP contribution in [0.4, 0.5) is 5.00 Å². The predicted octanol–water partition coefficient (Wildman–Crippen LogP) is 7.37. The van der Waals surface area contributed by atoms with E-state index >= 15 is 0 Å². The van der Waals surface area contributed by atoms with Crippen LogP contribution in [0.2, 0.25) is 0 Å². The summed E-state index contributed by atoms with van der Waals surface area (Å²) >= 11 is 7.52. The number of carbonyl (C=O) groups excluding carboxylic acids is 1. The van der Waals surface area contributed by atoms with Crippen LogP contribution in [0, 0.1) is 3.57 Å². The fourth-order valence-electron chi connectivity index (χ4n) is 4.48. The number of thiophene rings is 1. The number of fused-ring (bicyclic) bond motifs is 1. The van der Waals surface area contributed by atoms with Crippen molar-refractivity contribution in [3.63, 3.8) is 0 Å². The number of benzene rings is 1. The van der Waals surface area contributed by atoms with Crippen LogP contribution in [0.3, 0.4) is 0 Å². The van der Waals surface area contributed by atoms with Crippen molar-refractivity contribution in [1.82, 2.24) is 5.32 Å². The Kier molecular flexibility index (Phi) is 8.45. The number of nitrogens with one attached hydrogen (secondary N) is 1. The van der Waals surface area contributed by atoms with Gasteiger partial charge in [-0.3, -0.25) is 4.79 Å². The summed E-state index contributed by atoms with van der Waals surface area (Å²) in [5.41, 5.74) is 2.90. The zero-order valence-corrected chi connectivity index (χ0v) is 22.7. The number of rotatable bonds is 7. The number of hydrogen-bond acceptors (Lipinski definition) is 4. The van der Waals surface area contributed by atoms with Gasteiger partial charge in [0.25, 0.3) is 5.91 Å². The average Bonchev–Trinajstić information content (AvgIpc) is 3.16. The van der Waals surface area contributed by atoms with Gasteiger partial charge in [-0.25, -0.2) is 4.99 Å². The third kappa shape index (κ3) is 5.65. The molecule has 0 spiro atoms. The molecule has 4 rings (SSSR count). The normalized spacial score (nSPS) is 16.7. The Morgan fingerprint density at radius 1 is 1.25 bits per heavy atom. The smallest absolute Gasteiger partial charge is 0.254 e. The van der Waals surface area contributed by atoms with Gasteiger partial charge in [0.05, 0.1) is 9.13 Å². The summed E-state index contributed by atoms with van der Waals surface area (Å²) in [6, 6.07) is 4.31. The van der Waals surface area contributed by atoms with Crippen molar-refractivity contribution >= 4 is 67.0 Å². The Balaban J connectivity index is 1.67. The number of nitrogens with zero attached hydrogens (tertiary/aromatic N) is 1. The summed E-state index contributed by atoms with van der Waals surface area (Å²) in [5, 5.41) is 4.13. The van der Waals surface area contributed by atoms with Gasteiger partial charge in [-0.1, -0.05) is 47.8 Å². The van der Waals surface area contributed by atoms with E-state index < -0.39 is 0 Å². The van der Waals surface area contributed by atoms with Crippen LogP contribution >= 0.6 is 49.9 Å². The topological polar surface area (TPSA) is 50.7 Å². The first kappa shape index (κ1) is 24.0. The SMILES string of the molecule is C=CCOc1c(I)cc(Br)cc1C=Nc1sc2c(c1C(=O)NC1CCCCC1)CCCC2. The lowest BCUT2D eigenvalue weighted by Gasteiger charge is -2.23. The van der Waals surface area contributed by atoms with Crippen molar-refractivity contribution in [2.45, 2.75) is 63.8 Å². The van der Waals surface area contributed by atoms with Crippen molar-refractivity contribution < 1.29 is 9.53 Å². The molecule has 0 atom stereocenters. The van der Waals surface area contributed by atoms with E-state index in [0.29, 0.717) is 6.61 Å². The maximum absolute atomic E-state index is 13.4. The molecule has 1 N–H and O–H groups in total. The van der Waals surface area contributed by atoms with E-state index in [4.69, 9.17) is 9.73 Å². The molecule has 1 aromatic carbocycles. The van der Waals surface area contributed by atoms with Gasteiger partial charge in [0.15, 0.2) is 0 Å². The van der Waals surface area contributed by atoms with E-state index in [0.717, 1.165) is 62.0 Å². The lowest BCUT2D eigenvalue weighted by molar-refractivity contribution is 0.0927. The van der Waals surface area contributed by atoms with Crippen LogP contribution in [0.1, 0.15) is 71.3 Å². The Morgan fingerprint density at radius 3 is 2.81 bits per heavy atom. The third-order valence-electron chi connectivity index (χ3n) is 6.02. The molecule has 7 heteroatoms. The molecule has 1 heterocycles. The van der Waals surface area contributed by atoms with E-state index in [9.17, 15) is 4.79 Å². The van der Waals surface area contributed by atoms with E-state index in [2.05, 4.69) is 50.4 Å². The molecule has 32 heavy (non-hydrogen) atoms. The highest BCUT2D eigenvalue weighted by Gasteiger charge is 2.27. The molecule has 2 aliphatic carbocycles. The molecule has 1 aromatic heterocycles. The second-order valence-electron chi connectivity index (χ2n) is 8.36. The number of aryl methyl sites for hydroxylation is 1. The minimum absolute atomic E-state index is 0.0513. The van der Waals surface area contributed by atoms with Crippen LogP contribution in [-0.2, 0) is 12.8 Å². The molecule has 0 saturated heterocycles. The summed E-state index contributed by atoms with van der Waals surface area (Å²) in [5.74, 6) is 0.836. The Labute approximate surface area is 216 Å². The van der Waals surface area contributed by atoms with Crippen LogP contribution in [-0.4, -0.2) is 24.8 Å². The van der Waals surface area contributed by atoms with E-state index in [-0.39, 0.29) is 11.9 Å². The lowest BCUT2D eigenvalue weighted by Crippen LogP contribution is -2.36. The summed E-state index contributed by atoms with van der Waals surface area (Å²) in [6.07, 6.45) is 13.7. The summed E-state index contributed by atoms with van der Waals surface area (Å²) in [4.78, 5) is 19.5. The Morgan fingerprint density at radius 2 is 2.03 bits per heavy atom. The van der Waals surface area contributed by atoms with Gasteiger partial charge in [0.1, 0.15) is 17.4 Å². The first-order valence-electron chi connectivity index (χ1n) is 11.3. The van der Waals surface area contributed by atoms with Crippen LogP contribution in [0.5, 0.6) is 5.75 Å². The second kappa shape index (κ2) is 11.3. The van der Waals surface area contributed by atoms with Gasteiger partial charge in [0.2, 0.25) is 0 Å². The fraction of sp³-hybridized carbons (Fsp3) is 0.440. The molecule has 0 unspecified atom stereocenters. The maximum Gasteiger partial charge on any atom is 0.254 e. The number of aliphatic imine (C=N–C) groups is 1. The van der Waals surface area contributed by atoms with Crippen molar-refractivity contribution in [1.29, 1.82) is 0 Å². The molecule has 4 nitrogen and oxygen atoms in total. The lowest BCUT2D eigenvalue weighted by atomic mass is 9.93. The zero-order chi connectivity index (χ0) is 22.5. The molecule has 170 valence electrons. The van der Waals surface area contributed by atoms with E-state index in [1.807, 2.05) is 18.3 Å². The number of amides is 1. The van der Waals surface area contributed by atoms with Crippen molar-refractivity contribution in [3.05, 3.63) is 54.4 Å². The molecular formula is C25H28BrIN2O2S. The summed E-state index contributed by atoms with van der Waals surface area (Å²) in [7, 11) is 0. The minimum atomic E-state index is 0.0513. The number of hydrogen-bond donors (Lipinski definition) is 1. The van der Waals surface area contributed by atoms with Crippen LogP contribution in [0.15, 0.2) is 34.3 Å². The molecule has 0 aliphatic heterocycles. The van der Waals surface area contributed by atoms with Gasteiger partial charge in [-0.15, -0.1) is 11.3 Å². The highest BCUT2D eigenvalue weighted by atomic mass is 127. The average molecular weight is 627 g/mol. The minimum Gasteiger partial charge on any atom is -0.488 e. The van der Waals surface area contributed by atoms with Crippen LogP contribution in [0.25, 0.3) is 0 Å². The molecule has 2 aliphatic rings. The summed E-state index contributed by atoms with van der Waals surface area (Å²) in [6.45, 7) is 4.18. The number of carbonyl (C=O) groups is 1. The van der Waals surface area contributed by atoms with Crippen LogP contribution < -0.4 is 10.1 Å². The number of halogens is 2.